The lowest BCUT2D eigenvalue weighted by atomic mass is 10.2. The standard InChI is InChI=1S/C14H12ClIN2O/c1-9(13-3-2-6-19-13)18-12-5-4-10(16)7-11(12)17-14(18)8-15/h2-7,9H,8H2,1H3. The second-order valence-electron chi connectivity index (χ2n) is 4.36. The summed E-state index contributed by atoms with van der Waals surface area (Å²) in [6.45, 7) is 2.09. The molecule has 3 nitrogen and oxygen atoms in total. The topological polar surface area (TPSA) is 31.0 Å². The molecule has 0 spiro atoms. The number of hydrogen-bond acceptors (Lipinski definition) is 2. The van der Waals surface area contributed by atoms with Gasteiger partial charge in [-0.1, -0.05) is 0 Å². The van der Waals surface area contributed by atoms with Crippen molar-refractivity contribution < 1.29 is 4.42 Å². The molecule has 0 aliphatic carbocycles. The van der Waals surface area contributed by atoms with Crippen LogP contribution in [0.4, 0.5) is 0 Å². The van der Waals surface area contributed by atoms with E-state index in [1.165, 1.54) is 3.57 Å². The van der Waals surface area contributed by atoms with Crippen molar-refractivity contribution in [1.29, 1.82) is 0 Å². The molecule has 0 aliphatic heterocycles. The fraction of sp³-hybridized carbons (Fsp3) is 0.214. The van der Waals surface area contributed by atoms with E-state index in [9.17, 15) is 0 Å². The van der Waals surface area contributed by atoms with Crippen LogP contribution in [0.15, 0.2) is 41.0 Å². The van der Waals surface area contributed by atoms with E-state index in [0.717, 1.165) is 22.6 Å². The Morgan fingerprint density at radius 3 is 2.95 bits per heavy atom. The number of rotatable bonds is 3. The molecule has 1 unspecified atom stereocenters. The van der Waals surface area contributed by atoms with Gasteiger partial charge in [0.2, 0.25) is 0 Å². The quantitative estimate of drug-likeness (QED) is 0.487. The van der Waals surface area contributed by atoms with Gasteiger partial charge in [0.15, 0.2) is 0 Å². The van der Waals surface area contributed by atoms with Crippen LogP contribution < -0.4 is 0 Å². The van der Waals surface area contributed by atoms with Crippen molar-refractivity contribution in [2.24, 2.45) is 0 Å². The lowest BCUT2D eigenvalue weighted by Gasteiger charge is -2.14. The number of hydrogen-bond donors (Lipinski definition) is 0. The minimum atomic E-state index is 0.0776. The molecule has 98 valence electrons. The molecule has 0 saturated heterocycles. The predicted octanol–water partition coefficient (Wildman–Crippen LogP) is 4.58. The summed E-state index contributed by atoms with van der Waals surface area (Å²) in [6.07, 6.45) is 1.69. The SMILES string of the molecule is CC(c1ccco1)n1c(CCl)nc2cc(I)ccc21. The summed E-state index contributed by atoms with van der Waals surface area (Å²) in [5, 5.41) is 0. The highest BCUT2D eigenvalue weighted by atomic mass is 127. The lowest BCUT2D eigenvalue weighted by Crippen LogP contribution is -2.09. The van der Waals surface area contributed by atoms with Gasteiger partial charge < -0.3 is 8.98 Å². The molecule has 0 saturated carbocycles. The van der Waals surface area contributed by atoms with E-state index >= 15 is 0 Å². The molecule has 0 amide bonds. The zero-order valence-corrected chi connectivity index (χ0v) is 13.2. The van der Waals surface area contributed by atoms with Crippen LogP contribution in [0, 0.1) is 3.57 Å². The molecule has 3 aromatic rings. The number of alkyl halides is 1. The average molecular weight is 387 g/mol. The normalized spacial score (nSPS) is 13.0. The number of imidazole rings is 1. The maximum atomic E-state index is 6.03. The summed E-state index contributed by atoms with van der Waals surface area (Å²) >= 11 is 8.32. The summed E-state index contributed by atoms with van der Waals surface area (Å²) in [5.41, 5.74) is 2.06. The monoisotopic (exact) mass is 386 g/mol. The molecule has 19 heavy (non-hydrogen) atoms. The third kappa shape index (κ3) is 2.27. The van der Waals surface area contributed by atoms with Gasteiger partial charge in [0.25, 0.3) is 0 Å². The molecule has 0 radical (unpaired) electrons. The first-order chi connectivity index (χ1) is 9.20. The van der Waals surface area contributed by atoms with Crippen LogP contribution in [0.25, 0.3) is 11.0 Å². The van der Waals surface area contributed by atoms with E-state index in [2.05, 4.69) is 57.3 Å². The summed E-state index contributed by atoms with van der Waals surface area (Å²) in [5.74, 6) is 2.16. The van der Waals surface area contributed by atoms with Crippen molar-refractivity contribution in [2.75, 3.05) is 0 Å². The number of nitrogens with zero attached hydrogens (tertiary/aromatic N) is 2. The molecule has 5 heteroatoms. The number of aromatic nitrogens is 2. The van der Waals surface area contributed by atoms with Gasteiger partial charge in [-0.05, 0) is 59.8 Å². The Hall–Kier alpha value is -1.01. The van der Waals surface area contributed by atoms with Crippen LogP contribution in [-0.4, -0.2) is 9.55 Å². The Bertz CT molecular complexity index is 706. The molecule has 1 atom stereocenters. The molecular weight excluding hydrogens is 375 g/mol. The number of fused-ring (bicyclic) bond motifs is 1. The molecule has 0 fully saturated rings. The van der Waals surface area contributed by atoms with Gasteiger partial charge >= 0.3 is 0 Å². The fourth-order valence-electron chi connectivity index (χ4n) is 2.30. The fourth-order valence-corrected chi connectivity index (χ4v) is 2.97. The summed E-state index contributed by atoms with van der Waals surface area (Å²) in [4.78, 5) is 4.61. The van der Waals surface area contributed by atoms with Gasteiger partial charge in [0, 0.05) is 3.57 Å². The molecule has 1 aromatic carbocycles. The van der Waals surface area contributed by atoms with Gasteiger partial charge in [-0.2, -0.15) is 0 Å². The minimum Gasteiger partial charge on any atom is -0.467 e. The maximum Gasteiger partial charge on any atom is 0.126 e. The van der Waals surface area contributed by atoms with Crippen molar-refractivity contribution in [3.63, 3.8) is 0 Å². The van der Waals surface area contributed by atoms with E-state index in [4.69, 9.17) is 16.0 Å². The van der Waals surface area contributed by atoms with E-state index in [1.54, 1.807) is 6.26 Å². The van der Waals surface area contributed by atoms with Gasteiger partial charge in [-0.3, -0.25) is 0 Å². The molecule has 0 bridgehead atoms. The van der Waals surface area contributed by atoms with Crippen LogP contribution in [0.1, 0.15) is 24.6 Å². The highest BCUT2D eigenvalue weighted by Crippen LogP contribution is 2.27. The number of halogens is 2. The third-order valence-corrected chi connectivity index (χ3v) is 4.10. The third-order valence-electron chi connectivity index (χ3n) is 3.19. The van der Waals surface area contributed by atoms with Gasteiger partial charge in [0.05, 0.1) is 29.2 Å². The molecule has 0 N–H and O–H groups in total. The highest BCUT2D eigenvalue weighted by Gasteiger charge is 2.18. The van der Waals surface area contributed by atoms with E-state index in [0.29, 0.717) is 5.88 Å². The van der Waals surface area contributed by atoms with Crippen molar-refractivity contribution >= 4 is 45.2 Å². The van der Waals surface area contributed by atoms with Crippen molar-refractivity contribution in [3.05, 3.63) is 51.7 Å². The van der Waals surface area contributed by atoms with Gasteiger partial charge in [-0.15, -0.1) is 11.6 Å². The van der Waals surface area contributed by atoms with Crippen molar-refractivity contribution in [3.8, 4) is 0 Å². The zero-order valence-electron chi connectivity index (χ0n) is 10.3. The summed E-state index contributed by atoms with van der Waals surface area (Å²) in [6, 6.07) is 10.2. The van der Waals surface area contributed by atoms with Gasteiger partial charge in [-0.25, -0.2) is 4.98 Å². The maximum absolute atomic E-state index is 6.03. The Balaban J connectivity index is 2.21. The smallest absolute Gasteiger partial charge is 0.126 e. The first-order valence-corrected chi connectivity index (χ1v) is 7.57. The number of furan rings is 1. The van der Waals surface area contributed by atoms with E-state index in [1.807, 2.05) is 12.1 Å². The van der Waals surface area contributed by atoms with Crippen molar-refractivity contribution in [1.82, 2.24) is 9.55 Å². The first kappa shape index (κ1) is 13.0. The van der Waals surface area contributed by atoms with Gasteiger partial charge in [0.1, 0.15) is 11.6 Å². The summed E-state index contributed by atoms with van der Waals surface area (Å²) < 4.78 is 8.80. The Morgan fingerprint density at radius 2 is 2.26 bits per heavy atom. The minimum absolute atomic E-state index is 0.0776. The Labute approximate surface area is 129 Å². The van der Waals surface area contributed by atoms with Crippen LogP contribution in [0.2, 0.25) is 0 Å². The Morgan fingerprint density at radius 1 is 1.42 bits per heavy atom. The summed E-state index contributed by atoms with van der Waals surface area (Å²) in [7, 11) is 0. The largest absolute Gasteiger partial charge is 0.467 e. The van der Waals surface area contributed by atoms with Crippen LogP contribution in [-0.2, 0) is 5.88 Å². The zero-order chi connectivity index (χ0) is 13.4. The highest BCUT2D eigenvalue weighted by molar-refractivity contribution is 14.1. The Kier molecular flexibility index (Phi) is 3.54. The first-order valence-electron chi connectivity index (χ1n) is 5.96. The molecule has 2 heterocycles. The second kappa shape index (κ2) is 5.17. The predicted molar refractivity (Wildman–Crippen MR) is 84.5 cm³/mol. The van der Waals surface area contributed by atoms with E-state index in [-0.39, 0.29) is 6.04 Å². The van der Waals surface area contributed by atoms with Crippen LogP contribution in [0.5, 0.6) is 0 Å². The molecule has 2 aromatic heterocycles. The molecular formula is C14H12ClIN2O. The van der Waals surface area contributed by atoms with Crippen LogP contribution in [0.3, 0.4) is 0 Å². The van der Waals surface area contributed by atoms with E-state index < -0.39 is 0 Å². The van der Waals surface area contributed by atoms with Crippen molar-refractivity contribution in [2.45, 2.75) is 18.8 Å². The van der Waals surface area contributed by atoms with Crippen LogP contribution >= 0.6 is 34.2 Å². The number of benzene rings is 1. The molecule has 0 aliphatic rings. The average Bonchev–Trinajstić information content (AvgIpc) is 3.04. The molecule has 3 rings (SSSR count). The lowest BCUT2D eigenvalue weighted by molar-refractivity contribution is 0.446. The second-order valence-corrected chi connectivity index (χ2v) is 5.87.